The smallest absolute Gasteiger partial charge is 0.416 e. The number of ether oxygens (including phenoxy) is 2. The molecule has 0 aliphatic carbocycles. The molecule has 26 heavy (non-hydrogen) atoms. The van der Waals surface area contributed by atoms with Gasteiger partial charge in [-0.05, 0) is 48.9 Å². The number of nitrogens with one attached hydrogen (secondary N) is 1. The molecule has 0 aliphatic rings. The van der Waals surface area contributed by atoms with E-state index in [0.29, 0.717) is 12.4 Å². The lowest BCUT2D eigenvalue weighted by atomic mass is 10.1. The van der Waals surface area contributed by atoms with Crippen LogP contribution in [0.2, 0.25) is 0 Å². The Balaban J connectivity index is 1.69. The minimum Gasteiger partial charge on any atom is -0.494 e. The maximum Gasteiger partial charge on any atom is 0.416 e. The van der Waals surface area contributed by atoms with Crippen LogP contribution in [0.4, 0.5) is 13.2 Å². The zero-order chi connectivity index (χ0) is 19.0. The van der Waals surface area contributed by atoms with Gasteiger partial charge in [-0.1, -0.05) is 12.1 Å². The lowest BCUT2D eigenvalue weighted by molar-refractivity contribution is -0.137. The highest BCUT2D eigenvalue weighted by molar-refractivity contribution is 5.78. The average Bonchev–Trinajstić information content (AvgIpc) is 2.60. The van der Waals surface area contributed by atoms with Gasteiger partial charge in [0.2, 0.25) is 5.91 Å². The van der Waals surface area contributed by atoms with Crippen LogP contribution in [0.15, 0.2) is 48.5 Å². The predicted octanol–water partition coefficient (Wildman–Crippen LogP) is 3.84. The molecule has 1 N–H and O–H groups in total. The molecule has 0 aliphatic heterocycles. The molecule has 1 amide bonds. The van der Waals surface area contributed by atoms with Gasteiger partial charge in [-0.2, -0.15) is 13.2 Å². The fourth-order valence-electron chi connectivity index (χ4n) is 2.22. The molecule has 0 bridgehead atoms. The largest absolute Gasteiger partial charge is 0.494 e. The molecule has 2 rings (SSSR count). The van der Waals surface area contributed by atoms with Crippen molar-refractivity contribution in [3.8, 4) is 11.5 Å². The van der Waals surface area contributed by atoms with E-state index in [4.69, 9.17) is 9.47 Å². The van der Waals surface area contributed by atoms with Crippen molar-refractivity contribution in [1.29, 1.82) is 0 Å². The summed E-state index contributed by atoms with van der Waals surface area (Å²) in [7, 11) is 0. The normalized spacial score (nSPS) is 11.1. The number of amides is 1. The van der Waals surface area contributed by atoms with Crippen LogP contribution in [-0.4, -0.2) is 25.7 Å². The fraction of sp³-hybridized carbons (Fsp3) is 0.316. The van der Waals surface area contributed by atoms with Gasteiger partial charge in [0.25, 0.3) is 0 Å². The maximum absolute atomic E-state index is 12.5. The van der Waals surface area contributed by atoms with Crippen LogP contribution in [0.25, 0.3) is 0 Å². The van der Waals surface area contributed by atoms with Crippen LogP contribution >= 0.6 is 0 Å². The van der Waals surface area contributed by atoms with Crippen molar-refractivity contribution < 1.29 is 27.4 Å². The minimum absolute atomic E-state index is 0.162. The Kier molecular flexibility index (Phi) is 6.89. The second kappa shape index (κ2) is 9.12. The fourth-order valence-corrected chi connectivity index (χ4v) is 2.22. The molecule has 2 aromatic carbocycles. The molecule has 4 nitrogen and oxygen atoms in total. The zero-order valence-corrected chi connectivity index (χ0v) is 14.3. The summed E-state index contributed by atoms with van der Waals surface area (Å²) in [5.74, 6) is 0.908. The number of benzene rings is 2. The average molecular weight is 367 g/mol. The number of carbonyl (C=O) groups is 1. The van der Waals surface area contributed by atoms with E-state index in [2.05, 4.69) is 5.32 Å². The standard InChI is InChI=1S/C19H20F3NO3/c1-2-25-16-7-3-14(4-8-16)13-18(24)23-11-12-26-17-9-5-15(6-10-17)19(20,21)22/h3-10H,2,11-13H2,1H3,(H,23,24). The monoisotopic (exact) mass is 367 g/mol. The third-order valence-corrected chi connectivity index (χ3v) is 3.47. The summed E-state index contributed by atoms with van der Waals surface area (Å²) in [4.78, 5) is 11.9. The van der Waals surface area contributed by atoms with E-state index in [9.17, 15) is 18.0 Å². The first-order chi connectivity index (χ1) is 12.4. The van der Waals surface area contributed by atoms with Gasteiger partial charge in [-0.15, -0.1) is 0 Å². The quantitative estimate of drug-likeness (QED) is 0.721. The highest BCUT2D eigenvalue weighted by Gasteiger charge is 2.29. The third kappa shape index (κ3) is 6.31. The van der Waals surface area contributed by atoms with Gasteiger partial charge in [-0.25, -0.2) is 0 Å². The first-order valence-corrected chi connectivity index (χ1v) is 8.17. The molecular formula is C19H20F3NO3. The number of halogens is 3. The Hall–Kier alpha value is -2.70. The summed E-state index contributed by atoms with van der Waals surface area (Å²) in [5.41, 5.74) is 0.128. The Labute approximate surface area is 149 Å². The highest BCUT2D eigenvalue weighted by Crippen LogP contribution is 2.30. The highest BCUT2D eigenvalue weighted by atomic mass is 19.4. The van der Waals surface area contributed by atoms with Crippen LogP contribution in [0.3, 0.4) is 0 Å². The van der Waals surface area contributed by atoms with Gasteiger partial charge in [0.15, 0.2) is 0 Å². The Morgan fingerprint density at radius 2 is 1.54 bits per heavy atom. The molecule has 140 valence electrons. The molecule has 0 atom stereocenters. The van der Waals surface area contributed by atoms with Crippen LogP contribution in [0, 0.1) is 0 Å². The maximum atomic E-state index is 12.5. The van der Waals surface area contributed by atoms with Crippen molar-refractivity contribution in [3.63, 3.8) is 0 Å². The zero-order valence-electron chi connectivity index (χ0n) is 14.3. The topological polar surface area (TPSA) is 47.6 Å². The van der Waals surface area contributed by atoms with Crippen molar-refractivity contribution in [3.05, 3.63) is 59.7 Å². The van der Waals surface area contributed by atoms with Gasteiger partial charge < -0.3 is 14.8 Å². The molecule has 0 aromatic heterocycles. The molecule has 0 spiro atoms. The molecule has 0 unspecified atom stereocenters. The lowest BCUT2D eigenvalue weighted by Crippen LogP contribution is -2.29. The van der Waals surface area contributed by atoms with Crippen molar-refractivity contribution >= 4 is 5.91 Å². The Bertz CT molecular complexity index is 697. The van der Waals surface area contributed by atoms with Gasteiger partial charge in [0.1, 0.15) is 18.1 Å². The van der Waals surface area contributed by atoms with Crippen molar-refractivity contribution in [2.45, 2.75) is 19.5 Å². The van der Waals surface area contributed by atoms with Crippen LogP contribution in [-0.2, 0) is 17.4 Å². The van der Waals surface area contributed by atoms with Crippen LogP contribution in [0.1, 0.15) is 18.1 Å². The molecule has 7 heteroatoms. The van der Waals surface area contributed by atoms with E-state index in [1.54, 1.807) is 12.1 Å². The van der Waals surface area contributed by atoms with Gasteiger partial charge >= 0.3 is 6.18 Å². The number of rotatable bonds is 8. The Morgan fingerprint density at radius 3 is 2.12 bits per heavy atom. The number of hydrogen-bond donors (Lipinski definition) is 1. The molecule has 0 saturated heterocycles. The van der Waals surface area contributed by atoms with Gasteiger partial charge in [0, 0.05) is 0 Å². The van der Waals surface area contributed by atoms with Gasteiger partial charge in [-0.3, -0.25) is 4.79 Å². The third-order valence-electron chi connectivity index (χ3n) is 3.47. The molecular weight excluding hydrogens is 347 g/mol. The summed E-state index contributed by atoms with van der Waals surface area (Å²) >= 11 is 0. The number of carbonyl (C=O) groups excluding carboxylic acids is 1. The van der Waals surface area contributed by atoms with E-state index in [1.807, 2.05) is 19.1 Å². The van der Waals surface area contributed by atoms with Gasteiger partial charge in [0.05, 0.1) is 25.1 Å². The lowest BCUT2D eigenvalue weighted by Gasteiger charge is -2.10. The number of alkyl halides is 3. The van der Waals surface area contributed by atoms with E-state index >= 15 is 0 Å². The first-order valence-electron chi connectivity index (χ1n) is 8.17. The molecule has 0 radical (unpaired) electrons. The van der Waals surface area contributed by atoms with Crippen LogP contribution < -0.4 is 14.8 Å². The van der Waals surface area contributed by atoms with E-state index in [-0.39, 0.29) is 25.5 Å². The molecule has 0 heterocycles. The summed E-state index contributed by atoms with van der Waals surface area (Å²) in [6, 6.07) is 11.7. The minimum atomic E-state index is -4.37. The van der Waals surface area contributed by atoms with E-state index < -0.39 is 11.7 Å². The molecule has 2 aromatic rings. The summed E-state index contributed by atoms with van der Waals surface area (Å²) in [6.07, 6.45) is -4.14. The second-order valence-corrected chi connectivity index (χ2v) is 5.47. The summed E-state index contributed by atoms with van der Waals surface area (Å²) < 4.78 is 48.0. The summed E-state index contributed by atoms with van der Waals surface area (Å²) in [5, 5.41) is 2.70. The first kappa shape index (κ1) is 19.6. The van der Waals surface area contributed by atoms with Crippen LogP contribution in [0.5, 0.6) is 11.5 Å². The SMILES string of the molecule is CCOc1ccc(CC(=O)NCCOc2ccc(C(F)(F)F)cc2)cc1. The predicted molar refractivity (Wildman–Crippen MR) is 91.3 cm³/mol. The molecule has 0 fully saturated rings. The van der Waals surface area contributed by atoms with E-state index in [0.717, 1.165) is 23.4 Å². The van der Waals surface area contributed by atoms with Crippen molar-refractivity contribution in [2.75, 3.05) is 19.8 Å². The van der Waals surface area contributed by atoms with Crippen molar-refractivity contribution in [1.82, 2.24) is 5.32 Å². The second-order valence-electron chi connectivity index (χ2n) is 5.47. The number of hydrogen-bond acceptors (Lipinski definition) is 3. The van der Waals surface area contributed by atoms with E-state index in [1.165, 1.54) is 12.1 Å². The summed E-state index contributed by atoms with van der Waals surface area (Å²) in [6.45, 7) is 2.91. The Morgan fingerprint density at radius 1 is 0.962 bits per heavy atom. The van der Waals surface area contributed by atoms with Crippen molar-refractivity contribution in [2.24, 2.45) is 0 Å². The molecule has 0 saturated carbocycles.